The number of carbonyl (C=O) groups is 1. The average molecular weight is 386 g/mol. The molecule has 2 atom stereocenters. The third-order valence-electron chi connectivity index (χ3n) is 4.86. The van der Waals surface area contributed by atoms with Gasteiger partial charge in [0.25, 0.3) is 5.89 Å². The number of amides is 1. The van der Waals surface area contributed by atoms with Gasteiger partial charge in [-0.05, 0) is 42.8 Å². The number of halogens is 2. The Morgan fingerprint density at radius 1 is 1.26 bits per heavy atom. The Labute approximate surface area is 160 Å². The number of hydrogen-bond donors (Lipinski definition) is 0. The summed E-state index contributed by atoms with van der Waals surface area (Å²) in [6, 6.07) is 13.2. The molecule has 7 heteroatoms. The van der Waals surface area contributed by atoms with Crippen LogP contribution in [0.25, 0.3) is 11.5 Å². The first-order valence-electron chi connectivity index (χ1n) is 8.66. The molecule has 1 aliphatic rings. The van der Waals surface area contributed by atoms with Gasteiger partial charge < -0.3 is 9.42 Å². The molecule has 2 heterocycles. The van der Waals surface area contributed by atoms with Crippen LogP contribution in [-0.4, -0.2) is 27.5 Å². The summed E-state index contributed by atoms with van der Waals surface area (Å²) in [5, 5.41) is 4.64. The molecule has 27 heavy (non-hydrogen) atoms. The van der Waals surface area contributed by atoms with Gasteiger partial charge in [0.1, 0.15) is 5.82 Å². The number of benzene rings is 2. The van der Waals surface area contributed by atoms with Gasteiger partial charge in [0.2, 0.25) is 5.91 Å². The fourth-order valence-electron chi connectivity index (χ4n) is 3.34. The van der Waals surface area contributed by atoms with E-state index in [0.717, 1.165) is 11.1 Å². The highest BCUT2D eigenvalue weighted by atomic mass is 35.5. The molecule has 4 rings (SSSR count). The number of likely N-dealkylation sites (tertiary alicyclic amines) is 1. The van der Waals surface area contributed by atoms with Crippen LogP contribution in [0.15, 0.2) is 53.1 Å². The standard InChI is InChI=1S/C20H17ClFN3O2/c1-12(13-5-7-17(22)8-6-13)25-11-15(10-18(25)26)19-23-20(27-24-19)14-3-2-4-16(21)9-14/h2-9,12,15H,10-11H2,1H3. The van der Waals surface area contributed by atoms with E-state index in [2.05, 4.69) is 10.1 Å². The van der Waals surface area contributed by atoms with Crippen molar-refractivity contribution in [2.75, 3.05) is 6.54 Å². The molecule has 1 fully saturated rings. The maximum absolute atomic E-state index is 13.1. The van der Waals surface area contributed by atoms with Crippen LogP contribution in [0.1, 0.15) is 36.7 Å². The van der Waals surface area contributed by atoms with E-state index in [0.29, 0.717) is 29.7 Å². The minimum Gasteiger partial charge on any atom is -0.335 e. The van der Waals surface area contributed by atoms with Crippen molar-refractivity contribution in [3.05, 3.63) is 70.8 Å². The molecule has 0 radical (unpaired) electrons. The molecule has 1 aliphatic heterocycles. The van der Waals surface area contributed by atoms with Crippen molar-refractivity contribution in [3.63, 3.8) is 0 Å². The number of aromatic nitrogens is 2. The molecule has 138 valence electrons. The van der Waals surface area contributed by atoms with E-state index in [-0.39, 0.29) is 23.7 Å². The summed E-state index contributed by atoms with van der Waals surface area (Å²) in [5.41, 5.74) is 1.63. The first-order valence-corrected chi connectivity index (χ1v) is 9.03. The van der Waals surface area contributed by atoms with E-state index in [1.165, 1.54) is 12.1 Å². The lowest BCUT2D eigenvalue weighted by atomic mass is 10.1. The first-order chi connectivity index (χ1) is 13.0. The van der Waals surface area contributed by atoms with Crippen LogP contribution in [-0.2, 0) is 4.79 Å². The lowest BCUT2D eigenvalue weighted by Crippen LogP contribution is -2.28. The Bertz CT molecular complexity index is 973. The van der Waals surface area contributed by atoms with Crippen molar-refractivity contribution in [2.24, 2.45) is 0 Å². The number of nitrogens with zero attached hydrogens (tertiary/aromatic N) is 3. The molecule has 0 aliphatic carbocycles. The van der Waals surface area contributed by atoms with Gasteiger partial charge in [-0.3, -0.25) is 4.79 Å². The summed E-state index contributed by atoms with van der Waals surface area (Å²) in [6.45, 7) is 2.42. The third kappa shape index (κ3) is 3.57. The Morgan fingerprint density at radius 2 is 2.04 bits per heavy atom. The molecule has 5 nitrogen and oxygen atoms in total. The maximum atomic E-state index is 13.1. The number of hydrogen-bond acceptors (Lipinski definition) is 4. The lowest BCUT2D eigenvalue weighted by Gasteiger charge is -2.25. The zero-order valence-electron chi connectivity index (χ0n) is 14.6. The summed E-state index contributed by atoms with van der Waals surface area (Å²) >= 11 is 6.01. The molecule has 0 saturated carbocycles. The van der Waals surface area contributed by atoms with Crippen LogP contribution >= 0.6 is 11.6 Å². The van der Waals surface area contributed by atoms with Crippen molar-refractivity contribution in [1.29, 1.82) is 0 Å². The van der Waals surface area contributed by atoms with E-state index in [1.807, 2.05) is 19.1 Å². The predicted octanol–water partition coefficient (Wildman–Crippen LogP) is 4.61. The van der Waals surface area contributed by atoms with Crippen LogP contribution in [0.2, 0.25) is 5.02 Å². The molecule has 1 aromatic heterocycles. The lowest BCUT2D eigenvalue weighted by molar-refractivity contribution is -0.129. The van der Waals surface area contributed by atoms with Crippen molar-refractivity contribution in [3.8, 4) is 11.5 Å². The molecular formula is C20H17ClFN3O2. The molecule has 0 N–H and O–H groups in total. The van der Waals surface area contributed by atoms with Gasteiger partial charge in [0.15, 0.2) is 5.82 Å². The number of rotatable bonds is 4. The second-order valence-corrected chi connectivity index (χ2v) is 7.08. The number of carbonyl (C=O) groups excluding carboxylic acids is 1. The molecule has 1 saturated heterocycles. The van der Waals surface area contributed by atoms with E-state index >= 15 is 0 Å². The highest BCUT2D eigenvalue weighted by Gasteiger charge is 2.36. The normalized spacial score (nSPS) is 18.1. The van der Waals surface area contributed by atoms with Gasteiger partial charge in [-0.2, -0.15) is 4.98 Å². The van der Waals surface area contributed by atoms with E-state index < -0.39 is 0 Å². The quantitative estimate of drug-likeness (QED) is 0.658. The van der Waals surface area contributed by atoms with Crippen LogP contribution in [0.4, 0.5) is 4.39 Å². The van der Waals surface area contributed by atoms with Crippen molar-refractivity contribution < 1.29 is 13.7 Å². The summed E-state index contributed by atoms with van der Waals surface area (Å²) in [7, 11) is 0. The van der Waals surface area contributed by atoms with E-state index in [4.69, 9.17) is 16.1 Å². The highest BCUT2D eigenvalue weighted by molar-refractivity contribution is 6.30. The monoisotopic (exact) mass is 385 g/mol. The second kappa shape index (κ2) is 7.12. The first kappa shape index (κ1) is 17.7. The summed E-state index contributed by atoms with van der Waals surface area (Å²) in [4.78, 5) is 18.7. The smallest absolute Gasteiger partial charge is 0.257 e. The molecule has 3 aromatic rings. The SMILES string of the molecule is CC(c1ccc(F)cc1)N1CC(c2noc(-c3cccc(Cl)c3)n2)CC1=O. The minimum absolute atomic E-state index is 0.0194. The largest absolute Gasteiger partial charge is 0.335 e. The van der Waals surface area contributed by atoms with E-state index in [9.17, 15) is 9.18 Å². The van der Waals surface area contributed by atoms with Crippen molar-refractivity contribution in [2.45, 2.75) is 25.3 Å². The van der Waals surface area contributed by atoms with Gasteiger partial charge in [0.05, 0.1) is 6.04 Å². The zero-order valence-corrected chi connectivity index (χ0v) is 15.4. The Kier molecular flexibility index (Phi) is 4.66. The van der Waals surface area contributed by atoms with Crippen LogP contribution in [0.3, 0.4) is 0 Å². The highest BCUT2D eigenvalue weighted by Crippen LogP contribution is 2.33. The molecule has 2 aromatic carbocycles. The molecule has 1 amide bonds. The average Bonchev–Trinajstić information content (AvgIpc) is 3.29. The Hall–Kier alpha value is -2.73. The molecule has 0 bridgehead atoms. The topological polar surface area (TPSA) is 59.2 Å². The third-order valence-corrected chi connectivity index (χ3v) is 5.09. The zero-order chi connectivity index (χ0) is 19.0. The van der Waals surface area contributed by atoms with Crippen LogP contribution in [0, 0.1) is 5.82 Å². The Morgan fingerprint density at radius 3 is 2.78 bits per heavy atom. The molecular weight excluding hydrogens is 369 g/mol. The van der Waals surface area contributed by atoms with Crippen LogP contribution < -0.4 is 0 Å². The van der Waals surface area contributed by atoms with Gasteiger partial charge in [-0.1, -0.05) is 35.0 Å². The fourth-order valence-corrected chi connectivity index (χ4v) is 3.53. The summed E-state index contributed by atoms with van der Waals surface area (Å²) in [5.74, 6) is 0.469. The summed E-state index contributed by atoms with van der Waals surface area (Å²) in [6.07, 6.45) is 0.319. The second-order valence-electron chi connectivity index (χ2n) is 6.64. The molecule has 2 unspecified atom stereocenters. The maximum Gasteiger partial charge on any atom is 0.257 e. The summed E-state index contributed by atoms with van der Waals surface area (Å²) < 4.78 is 18.5. The minimum atomic E-state index is -0.295. The van der Waals surface area contributed by atoms with Crippen molar-refractivity contribution >= 4 is 17.5 Å². The van der Waals surface area contributed by atoms with Crippen molar-refractivity contribution in [1.82, 2.24) is 15.0 Å². The fraction of sp³-hybridized carbons (Fsp3) is 0.250. The van der Waals surface area contributed by atoms with Gasteiger partial charge in [-0.25, -0.2) is 4.39 Å². The Balaban J connectivity index is 1.52. The van der Waals surface area contributed by atoms with Crippen LogP contribution in [0.5, 0.6) is 0 Å². The molecule has 0 spiro atoms. The predicted molar refractivity (Wildman–Crippen MR) is 98.6 cm³/mol. The van der Waals surface area contributed by atoms with E-state index in [1.54, 1.807) is 29.2 Å². The van der Waals surface area contributed by atoms with Gasteiger partial charge in [-0.15, -0.1) is 0 Å². The van der Waals surface area contributed by atoms with Gasteiger partial charge >= 0.3 is 0 Å². The van der Waals surface area contributed by atoms with Gasteiger partial charge in [0, 0.05) is 29.5 Å².